The molecule has 2 heterocycles. The third-order valence-corrected chi connectivity index (χ3v) is 9.53. The summed E-state index contributed by atoms with van der Waals surface area (Å²) < 4.78 is 26.4. The number of aromatic nitrogens is 1. The molecule has 4 rings (SSSR count). The largest absolute Gasteiger partial charge is 0.487 e. The van der Waals surface area contributed by atoms with Crippen LogP contribution in [-0.2, 0) is 27.3 Å². The molecular weight excluding hydrogens is 715 g/mol. The number of para-hydroxylation sites is 1. The van der Waals surface area contributed by atoms with Crippen molar-refractivity contribution in [1.29, 1.82) is 0 Å². The standard InChI is InChI=1S/C18H37N7O2.C17H13Cl2NO3S/c1-5-21-17(22-6-2)23-9-7-8-14(19)15(26)24-10-12-25(13-11-24)16(27)18(3,4)20;1-10-5-6-11-3-2-4-14(17(11)20-10)23-9-12-13(18)7-8-15(16(12)19)24(21)22/h14H,5-13,19-20H2,1-4H3,(H2,21,22,23);2-8H,9H2,1H3,(H,21,22)/t14-;/m1./s1. The van der Waals surface area contributed by atoms with Crippen LogP contribution >= 0.6 is 23.2 Å². The van der Waals surface area contributed by atoms with Crippen molar-refractivity contribution in [2.45, 2.75) is 70.5 Å². The number of nitrogens with one attached hydrogen (secondary N) is 2. The van der Waals surface area contributed by atoms with E-state index in [4.69, 9.17) is 39.4 Å². The first-order chi connectivity index (χ1) is 24.2. The highest BCUT2D eigenvalue weighted by molar-refractivity contribution is 7.79. The quantitative estimate of drug-likeness (QED) is 0.0778. The molecule has 0 bridgehead atoms. The minimum atomic E-state index is -2.19. The Labute approximate surface area is 312 Å². The predicted molar refractivity (Wildman–Crippen MR) is 205 cm³/mol. The van der Waals surface area contributed by atoms with Crippen LogP contribution in [-0.4, -0.2) is 98.7 Å². The molecule has 1 aromatic heterocycles. The Kier molecular flexibility index (Phi) is 16.4. The summed E-state index contributed by atoms with van der Waals surface area (Å²) in [5.74, 6) is 1.23. The third kappa shape index (κ3) is 12.3. The Morgan fingerprint density at radius 1 is 1.06 bits per heavy atom. The summed E-state index contributed by atoms with van der Waals surface area (Å²) in [6.45, 7) is 13.6. The molecule has 0 aliphatic carbocycles. The van der Waals surface area contributed by atoms with Gasteiger partial charge in [0.25, 0.3) is 0 Å². The second-order valence-electron chi connectivity index (χ2n) is 12.5. The summed E-state index contributed by atoms with van der Waals surface area (Å²) in [5, 5.41) is 7.79. The fraction of sp³-hybridized carbons (Fsp3) is 0.486. The van der Waals surface area contributed by atoms with Gasteiger partial charge in [-0.25, -0.2) is 9.19 Å². The van der Waals surface area contributed by atoms with Crippen LogP contribution in [0.15, 0.2) is 52.4 Å². The van der Waals surface area contributed by atoms with E-state index < -0.39 is 22.7 Å². The van der Waals surface area contributed by atoms with Crippen molar-refractivity contribution < 1.29 is 23.1 Å². The number of nitrogens with two attached hydrogens (primary N) is 2. The van der Waals surface area contributed by atoms with Gasteiger partial charge in [-0.1, -0.05) is 41.4 Å². The molecule has 2 atom stereocenters. The lowest BCUT2D eigenvalue weighted by Crippen LogP contribution is -2.59. The van der Waals surface area contributed by atoms with Crippen LogP contribution in [0.2, 0.25) is 10.0 Å². The van der Waals surface area contributed by atoms with Gasteiger partial charge in [0.15, 0.2) is 17.0 Å². The fourth-order valence-corrected chi connectivity index (χ4v) is 6.37. The lowest BCUT2D eigenvalue weighted by atomic mass is 10.0. The maximum absolute atomic E-state index is 12.5. The molecule has 0 spiro atoms. The molecule has 1 saturated heterocycles. The first-order valence-electron chi connectivity index (χ1n) is 16.9. The fourth-order valence-electron chi connectivity index (χ4n) is 5.23. The summed E-state index contributed by atoms with van der Waals surface area (Å²) in [5.41, 5.74) is 13.1. The molecule has 7 N–H and O–H groups in total. The molecule has 0 saturated carbocycles. The van der Waals surface area contributed by atoms with Crippen molar-refractivity contribution in [2.24, 2.45) is 16.5 Å². The van der Waals surface area contributed by atoms with Gasteiger partial charge in [0.1, 0.15) is 17.9 Å². The number of nitrogens with zero attached hydrogens (tertiary/aromatic N) is 4. The summed E-state index contributed by atoms with van der Waals surface area (Å²) in [4.78, 5) is 37.2. The number of carbonyl (C=O) groups excluding carboxylic acids is 2. The van der Waals surface area contributed by atoms with Crippen LogP contribution in [0.25, 0.3) is 10.9 Å². The zero-order valence-electron chi connectivity index (χ0n) is 29.9. The van der Waals surface area contributed by atoms with Crippen molar-refractivity contribution >= 4 is 63.0 Å². The number of hydrogen-bond acceptors (Lipinski definition) is 8. The number of aliphatic imine (C=N–C) groups is 1. The number of piperazine rings is 1. The van der Waals surface area contributed by atoms with Crippen LogP contribution in [0, 0.1) is 6.92 Å². The van der Waals surface area contributed by atoms with E-state index in [-0.39, 0.29) is 28.3 Å². The Balaban J connectivity index is 0.000000277. The number of pyridine rings is 1. The van der Waals surface area contributed by atoms with Gasteiger partial charge in [-0.2, -0.15) is 0 Å². The maximum Gasteiger partial charge on any atom is 0.242 e. The van der Waals surface area contributed by atoms with E-state index in [2.05, 4.69) is 20.6 Å². The van der Waals surface area contributed by atoms with E-state index in [1.165, 1.54) is 12.1 Å². The number of ether oxygens (including phenoxy) is 1. The van der Waals surface area contributed by atoms with Crippen LogP contribution < -0.4 is 26.8 Å². The number of guanidine groups is 1. The van der Waals surface area contributed by atoms with Crippen molar-refractivity contribution in [3.63, 3.8) is 0 Å². The number of rotatable bonds is 12. The van der Waals surface area contributed by atoms with Crippen molar-refractivity contribution in [3.05, 3.63) is 63.8 Å². The average Bonchev–Trinajstić information content (AvgIpc) is 3.09. The molecule has 1 unspecified atom stereocenters. The molecule has 1 fully saturated rings. The number of amides is 2. The number of fused-ring (bicyclic) bond motifs is 1. The van der Waals surface area contributed by atoms with Gasteiger partial charge in [0.2, 0.25) is 11.8 Å². The number of hydrogen-bond donors (Lipinski definition) is 5. The Morgan fingerprint density at radius 2 is 1.71 bits per heavy atom. The molecule has 0 radical (unpaired) electrons. The van der Waals surface area contributed by atoms with Gasteiger partial charge >= 0.3 is 0 Å². The molecule has 1 aliphatic heterocycles. The van der Waals surface area contributed by atoms with Gasteiger partial charge in [0.05, 0.1) is 21.5 Å². The number of halogens is 2. The van der Waals surface area contributed by atoms with Crippen LogP contribution in [0.4, 0.5) is 0 Å². The predicted octanol–water partition coefficient (Wildman–Crippen LogP) is 4.09. The first-order valence-corrected chi connectivity index (χ1v) is 18.8. The van der Waals surface area contributed by atoms with Gasteiger partial charge in [-0.15, -0.1) is 0 Å². The molecule has 16 heteroatoms. The molecule has 51 heavy (non-hydrogen) atoms. The van der Waals surface area contributed by atoms with E-state index in [1.54, 1.807) is 23.6 Å². The molecule has 13 nitrogen and oxygen atoms in total. The van der Waals surface area contributed by atoms with Gasteiger partial charge < -0.3 is 41.2 Å². The highest BCUT2D eigenvalue weighted by Crippen LogP contribution is 2.32. The van der Waals surface area contributed by atoms with E-state index in [1.807, 2.05) is 51.1 Å². The minimum Gasteiger partial charge on any atom is -0.487 e. The highest BCUT2D eigenvalue weighted by atomic mass is 35.5. The molecule has 1 aliphatic rings. The molecular formula is C35H50Cl2N8O5S. The van der Waals surface area contributed by atoms with E-state index >= 15 is 0 Å². The lowest BCUT2D eigenvalue weighted by Gasteiger charge is -2.38. The third-order valence-electron chi connectivity index (χ3n) is 7.91. The molecule has 280 valence electrons. The Morgan fingerprint density at radius 3 is 2.31 bits per heavy atom. The van der Waals surface area contributed by atoms with E-state index in [9.17, 15) is 18.4 Å². The van der Waals surface area contributed by atoms with Crippen LogP contribution in [0.3, 0.4) is 0 Å². The minimum absolute atomic E-state index is 0.0586. The topological polar surface area (TPSA) is 188 Å². The van der Waals surface area contributed by atoms with E-state index in [0.29, 0.717) is 55.5 Å². The normalized spacial score (nSPS) is 14.2. The highest BCUT2D eigenvalue weighted by Gasteiger charge is 2.32. The number of benzene rings is 2. The molecule has 2 amide bonds. The second kappa shape index (κ2) is 19.9. The smallest absolute Gasteiger partial charge is 0.242 e. The average molecular weight is 766 g/mol. The lowest BCUT2D eigenvalue weighted by molar-refractivity contribution is -0.142. The van der Waals surface area contributed by atoms with Crippen LogP contribution in [0.5, 0.6) is 5.75 Å². The number of aryl methyl sites for hydroxylation is 1. The Hall–Kier alpha value is -3.53. The SMILES string of the molecule is CCNC(=NCCC[C@@H](N)C(=O)N1CCN(C(=O)C(C)(C)N)CC1)NCC.Cc1ccc2cccc(OCc3c(Cl)ccc(S(=O)O)c3Cl)c2n1. The second-order valence-corrected chi connectivity index (χ2v) is 14.3. The summed E-state index contributed by atoms with van der Waals surface area (Å²) in [6, 6.07) is 12.0. The van der Waals surface area contributed by atoms with Gasteiger partial charge in [-0.05, 0) is 71.7 Å². The first kappa shape index (κ1) is 41.9. The zero-order chi connectivity index (χ0) is 37.7. The van der Waals surface area contributed by atoms with Crippen molar-refractivity contribution in [3.8, 4) is 5.75 Å². The monoisotopic (exact) mass is 764 g/mol. The van der Waals surface area contributed by atoms with Gasteiger partial charge in [-0.3, -0.25) is 14.6 Å². The zero-order valence-corrected chi connectivity index (χ0v) is 32.2. The summed E-state index contributed by atoms with van der Waals surface area (Å²) in [6.07, 6.45) is 1.33. The summed E-state index contributed by atoms with van der Waals surface area (Å²) in [7, 11) is 0. The Bertz CT molecular complexity index is 1690. The van der Waals surface area contributed by atoms with Crippen molar-refractivity contribution in [2.75, 3.05) is 45.8 Å². The van der Waals surface area contributed by atoms with Crippen LogP contribution in [0.1, 0.15) is 51.8 Å². The molecule has 3 aromatic rings. The molecule has 2 aromatic carbocycles. The maximum atomic E-state index is 12.5. The summed E-state index contributed by atoms with van der Waals surface area (Å²) >= 11 is 10.1. The number of carbonyl (C=O) groups is 2. The van der Waals surface area contributed by atoms with Crippen molar-refractivity contribution in [1.82, 2.24) is 25.4 Å². The van der Waals surface area contributed by atoms with E-state index in [0.717, 1.165) is 42.1 Å². The van der Waals surface area contributed by atoms with Gasteiger partial charge in [0, 0.05) is 67.5 Å².